The number of aryl methyl sites for hydroxylation is 1. The van der Waals surface area contributed by atoms with Gasteiger partial charge in [-0.25, -0.2) is 8.42 Å². The minimum atomic E-state index is -3.57. The lowest BCUT2D eigenvalue weighted by molar-refractivity contribution is -0.119. The molecule has 0 aliphatic carbocycles. The molecule has 0 saturated carbocycles. The summed E-state index contributed by atoms with van der Waals surface area (Å²) in [6.07, 6.45) is 1.10. The molecule has 26 heavy (non-hydrogen) atoms. The fourth-order valence-corrected chi connectivity index (χ4v) is 3.45. The Morgan fingerprint density at radius 3 is 2.27 bits per heavy atom. The van der Waals surface area contributed by atoms with Crippen molar-refractivity contribution in [1.29, 1.82) is 0 Å². The van der Waals surface area contributed by atoms with Gasteiger partial charge in [-0.05, 0) is 29.7 Å². The molecule has 140 valence electrons. The van der Waals surface area contributed by atoms with Crippen molar-refractivity contribution >= 4 is 21.6 Å². The van der Waals surface area contributed by atoms with Gasteiger partial charge in [0.15, 0.2) is 0 Å². The highest BCUT2D eigenvalue weighted by molar-refractivity contribution is 7.92. The number of ether oxygens (including phenoxy) is 1. The Labute approximate surface area is 154 Å². The number of benzene rings is 2. The van der Waals surface area contributed by atoms with Gasteiger partial charge in [-0.15, -0.1) is 0 Å². The Bertz CT molecular complexity index is 848. The number of anilines is 1. The van der Waals surface area contributed by atoms with E-state index in [1.807, 2.05) is 43.3 Å². The van der Waals surface area contributed by atoms with E-state index < -0.39 is 10.0 Å². The molecule has 0 atom stereocenters. The van der Waals surface area contributed by atoms with E-state index in [9.17, 15) is 13.2 Å². The van der Waals surface area contributed by atoms with Crippen molar-refractivity contribution < 1.29 is 17.9 Å². The summed E-state index contributed by atoms with van der Waals surface area (Å²) in [6.45, 7) is 2.42. The van der Waals surface area contributed by atoms with E-state index in [0.29, 0.717) is 18.8 Å². The molecule has 2 aromatic rings. The SMILES string of the molecule is COCc1ccc(CNC(=O)CN(c2ccccc2C)S(C)(=O)=O)cc1. The van der Waals surface area contributed by atoms with Crippen molar-refractivity contribution in [3.63, 3.8) is 0 Å². The van der Waals surface area contributed by atoms with Gasteiger partial charge in [0, 0.05) is 13.7 Å². The van der Waals surface area contributed by atoms with Crippen molar-refractivity contribution in [3.05, 3.63) is 65.2 Å². The average molecular weight is 376 g/mol. The van der Waals surface area contributed by atoms with E-state index in [4.69, 9.17) is 4.74 Å². The fourth-order valence-electron chi connectivity index (χ4n) is 2.53. The quantitative estimate of drug-likeness (QED) is 0.767. The number of nitrogens with one attached hydrogen (secondary N) is 1. The lowest BCUT2D eigenvalue weighted by Gasteiger charge is -2.23. The number of amides is 1. The van der Waals surface area contributed by atoms with Crippen LogP contribution < -0.4 is 9.62 Å². The van der Waals surface area contributed by atoms with Crippen LogP contribution >= 0.6 is 0 Å². The molecule has 1 amide bonds. The van der Waals surface area contributed by atoms with Crippen LogP contribution in [0.4, 0.5) is 5.69 Å². The Balaban J connectivity index is 2.03. The first kappa shape index (κ1) is 19.9. The first-order valence-electron chi connectivity index (χ1n) is 8.18. The zero-order valence-electron chi connectivity index (χ0n) is 15.2. The van der Waals surface area contributed by atoms with Crippen LogP contribution in [0.15, 0.2) is 48.5 Å². The highest BCUT2D eigenvalue weighted by Crippen LogP contribution is 2.21. The van der Waals surface area contributed by atoms with Gasteiger partial charge in [0.05, 0.1) is 18.6 Å². The van der Waals surface area contributed by atoms with Crippen LogP contribution in [0.2, 0.25) is 0 Å². The lowest BCUT2D eigenvalue weighted by Crippen LogP contribution is -2.40. The summed E-state index contributed by atoms with van der Waals surface area (Å²) in [5, 5.41) is 2.77. The summed E-state index contributed by atoms with van der Waals surface area (Å²) in [5.41, 5.74) is 3.28. The molecule has 2 aromatic carbocycles. The predicted molar refractivity (Wildman–Crippen MR) is 102 cm³/mol. The number of nitrogens with zero attached hydrogens (tertiary/aromatic N) is 1. The van der Waals surface area contributed by atoms with Gasteiger partial charge < -0.3 is 10.1 Å². The third-order valence-corrected chi connectivity index (χ3v) is 5.02. The molecule has 1 N–H and O–H groups in total. The van der Waals surface area contributed by atoms with E-state index in [-0.39, 0.29) is 12.5 Å². The second-order valence-electron chi connectivity index (χ2n) is 6.08. The Morgan fingerprint density at radius 2 is 1.69 bits per heavy atom. The molecule has 2 rings (SSSR count). The van der Waals surface area contributed by atoms with Crippen molar-refractivity contribution in [2.24, 2.45) is 0 Å². The van der Waals surface area contributed by atoms with Crippen molar-refractivity contribution in [2.45, 2.75) is 20.1 Å². The average Bonchev–Trinajstić information content (AvgIpc) is 2.59. The molecule has 0 unspecified atom stereocenters. The number of hydrogen-bond donors (Lipinski definition) is 1. The van der Waals surface area contributed by atoms with E-state index in [1.165, 1.54) is 0 Å². The number of carbonyl (C=O) groups is 1. The second kappa shape index (κ2) is 8.82. The van der Waals surface area contributed by atoms with Gasteiger partial charge in [-0.2, -0.15) is 0 Å². The molecular weight excluding hydrogens is 352 g/mol. The summed E-state index contributed by atoms with van der Waals surface area (Å²) < 4.78 is 30.4. The van der Waals surface area contributed by atoms with Gasteiger partial charge in [-0.3, -0.25) is 9.10 Å². The standard InChI is InChI=1S/C19H24N2O4S/c1-15-6-4-5-7-18(15)21(26(3,23)24)13-19(22)20-12-16-8-10-17(11-9-16)14-25-2/h4-11H,12-14H2,1-3H3,(H,20,22). The van der Waals surface area contributed by atoms with Crippen LogP contribution in [-0.4, -0.2) is 34.2 Å². The molecule has 0 fully saturated rings. The molecule has 0 aliphatic rings. The Hall–Kier alpha value is -2.38. The van der Waals surface area contributed by atoms with E-state index in [2.05, 4.69) is 5.32 Å². The van der Waals surface area contributed by atoms with E-state index in [1.54, 1.807) is 19.2 Å². The molecule has 0 bridgehead atoms. The molecule has 7 heteroatoms. The molecule has 6 nitrogen and oxygen atoms in total. The predicted octanol–water partition coefficient (Wildman–Crippen LogP) is 2.22. The largest absolute Gasteiger partial charge is 0.380 e. The minimum Gasteiger partial charge on any atom is -0.380 e. The summed E-state index contributed by atoms with van der Waals surface area (Å²) in [4.78, 5) is 12.3. The molecule has 0 aliphatic heterocycles. The van der Waals surface area contributed by atoms with Crippen LogP contribution in [-0.2, 0) is 32.7 Å². The normalized spacial score (nSPS) is 11.2. The summed E-state index contributed by atoms with van der Waals surface area (Å²) in [5.74, 6) is -0.361. The maximum absolute atomic E-state index is 12.3. The summed E-state index contributed by atoms with van der Waals surface area (Å²) in [6, 6.07) is 14.8. The monoisotopic (exact) mass is 376 g/mol. The third-order valence-electron chi connectivity index (χ3n) is 3.90. The number of rotatable bonds is 8. The smallest absolute Gasteiger partial charge is 0.241 e. The number of carbonyl (C=O) groups excluding carboxylic acids is 1. The van der Waals surface area contributed by atoms with Crippen LogP contribution in [0.25, 0.3) is 0 Å². The zero-order valence-corrected chi connectivity index (χ0v) is 16.0. The van der Waals surface area contributed by atoms with Gasteiger partial charge in [0.25, 0.3) is 0 Å². The summed E-state index contributed by atoms with van der Waals surface area (Å²) in [7, 11) is -1.94. The number of para-hydroxylation sites is 1. The van der Waals surface area contributed by atoms with Gasteiger partial charge in [-0.1, -0.05) is 42.5 Å². The van der Waals surface area contributed by atoms with Crippen molar-refractivity contribution in [1.82, 2.24) is 5.32 Å². The zero-order chi connectivity index (χ0) is 19.2. The highest BCUT2D eigenvalue weighted by Gasteiger charge is 2.21. The number of hydrogen-bond acceptors (Lipinski definition) is 4. The third kappa shape index (κ3) is 5.57. The Kier molecular flexibility index (Phi) is 6.76. The number of sulfonamides is 1. The fraction of sp³-hybridized carbons (Fsp3) is 0.316. The van der Waals surface area contributed by atoms with Gasteiger partial charge in [0.2, 0.25) is 15.9 Å². The summed E-state index contributed by atoms with van der Waals surface area (Å²) >= 11 is 0. The Morgan fingerprint density at radius 1 is 1.08 bits per heavy atom. The maximum atomic E-state index is 12.3. The van der Waals surface area contributed by atoms with Crippen LogP contribution in [0, 0.1) is 6.92 Å². The highest BCUT2D eigenvalue weighted by atomic mass is 32.2. The first-order chi connectivity index (χ1) is 12.3. The number of methoxy groups -OCH3 is 1. The van der Waals surface area contributed by atoms with Crippen LogP contribution in [0.3, 0.4) is 0 Å². The molecule has 0 saturated heterocycles. The molecule has 0 spiro atoms. The van der Waals surface area contributed by atoms with Gasteiger partial charge in [0.1, 0.15) is 6.54 Å². The van der Waals surface area contributed by atoms with Crippen LogP contribution in [0.1, 0.15) is 16.7 Å². The molecule has 0 radical (unpaired) electrons. The molecule has 0 aromatic heterocycles. The van der Waals surface area contributed by atoms with Gasteiger partial charge >= 0.3 is 0 Å². The van der Waals surface area contributed by atoms with Crippen molar-refractivity contribution in [2.75, 3.05) is 24.2 Å². The maximum Gasteiger partial charge on any atom is 0.241 e. The van der Waals surface area contributed by atoms with E-state index >= 15 is 0 Å². The topological polar surface area (TPSA) is 75.7 Å². The lowest BCUT2D eigenvalue weighted by atomic mass is 10.1. The molecule has 0 heterocycles. The molecular formula is C19H24N2O4S. The van der Waals surface area contributed by atoms with Crippen molar-refractivity contribution in [3.8, 4) is 0 Å². The van der Waals surface area contributed by atoms with Crippen LogP contribution in [0.5, 0.6) is 0 Å². The first-order valence-corrected chi connectivity index (χ1v) is 10.0. The van der Waals surface area contributed by atoms with E-state index in [0.717, 1.165) is 27.3 Å². The second-order valence-corrected chi connectivity index (χ2v) is 7.99. The minimum absolute atomic E-state index is 0.258.